The van der Waals surface area contributed by atoms with E-state index in [9.17, 15) is 0 Å². The molecule has 0 fully saturated rings. The highest BCUT2D eigenvalue weighted by molar-refractivity contribution is 5.66. The van der Waals surface area contributed by atoms with E-state index in [2.05, 4.69) is 23.8 Å². The van der Waals surface area contributed by atoms with Gasteiger partial charge in [0.1, 0.15) is 5.82 Å². The molecular weight excluding hydrogens is 204 g/mol. The van der Waals surface area contributed by atoms with Crippen LogP contribution in [-0.2, 0) is 18.2 Å². The van der Waals surface area contributed by atoms with E-state index in [0.717, 1.165) is 23.6 Å². The lowest BCUT2D eigenvalue weighted by Crippen LogP contribution is -2.34. The molecule has 1 aromatic heterocycles. The third-order valence-electron chi connectivity index (χ3n) is 2.87. The summed E-state index contributed by atoms with van der Waals surface area (Å²) >= 11 is 0. The molecular formula is C11H22N4O. The van der Waals surface area contributed by atoms with Gasteiger partial charge in [-0.05, 0) is 13.3 Å². The van der Waals surface area contributed by atoms with Crippen LogP contribution in [0.25, 0.3) is 0 Å². The molecule has 1 atom stereocenters. The first-order chi connectivity index (χ1) is 7.52. The molecule has 5 heteroatoms. The Kier molecular flexibility index (Phi) is 4.18. The molecule has 0 aliphatic heterocycles. The van der Waals surface area contributed by atoms with Crippen molar-refractivity contribution in [2.24, 2.45) is 7.05 Å². The molecule has 0 saturated carbocycles. The van der Waals surface area contributed by atoms with E-state index in [-0.39, 0.29) is 6.04 Å². The molecule has 1 heterocycles. The number of aromatic nitrogens is 2. The van der Waals surface area contributed by atoms with Gasteiger partial charge in [-0.2, -0.15) is 5.10 Å². The highest BCUT2D eigenvalue weighted by atomic mass is 16.5. The average Bonchev–Trinajstić information content (AvgIpc) is 2.53. The number of nitrogens with two attached hydrogens (primary N) is 1. The number of methoxy groups -OCH3 is 1. The number of nitrogens with zero attached hydrogens (tertiary/aromatic N) is 3. The first kappa shape index (κ1) is 12.8. The molecule has 92 valence electrons. The molecule has 0 bridgehead atoms. The van der Waals surface area contributed by atoms with Gasteiger partial charge in [0.15, 0.2) is 0 Å². The molecule has 0 aromatic carbocycles. The van der Waals surface area contributed by atoms with E-state index in [1.807, 2.05) is 18.8 Å². The van der Waals surface area contributed by atoms with Crippen LogP contribution in [0, 0.1) is 0 Å². The zero-order valence-electron chi connectivity index (χ0n) is 10.8. The summed E-state index contributed by atoms with van der Waals surface area (Å²) in [6.07, 6.45) is 0.853. The topological polar surface area (TPSA) is 56.3 Å². The lowest BCUT2D eigenvalue weighted by molar-refractivity contribution is 0.183. The lowest BCUT2D eigenvalue weighted by atomic mass is 10.2. The SMILES string of the molecule is CCc1nn(C)c(N(C)C(C)COC)c1N. The van der Waals surface area contributed by atoms with Crippen molar-refractivity contribution in [3.63, 3.8) is 0 Å². The van der Waals surface area contributed by atoms with Gasteiger partial charge in [-0.25, -0.2) is 0 Å². The minimum Gasteiger partial charge on any atom is -0.394 e. The van der Waals surface area contributed by atoms with Crippen molar-refractivity contribution < 1.29 is 4.74 Å². The number of hydrogen-bond donors (Lipinski definition) is 1. The average molecular weight is 226 g/mol. The molecule has 0 saturated heterocycles. The van der Waals surface area contributed by atoms with E-state index in [0.29, 0.717) is 6.61 Å². The summed E-state index contributed by atoms with van der Waals surface area (Å²) in [5.74, 6) is 0.960. The zero-order chi connectivity index (χ0) is 12.3. The fourth-order valence-corrected chi connectivity index (χ4v) is 1.83. The van der Waals surface area contributed by atoms with Gasteiger partial charge in [0.2, 0.25) is 0 Å². The maximum atomic E-state index is 6.08. The van der Waals surface area contributed by atoms with Crippen LogP contribution in [0.2, 0.25) is 0 Å². The number of nitrogen functional groups attached to an aromatic ring is 1. The molecule has 1 aromatic rings. The number of rotatable bonds is 5. The van der Waals surface area contributed by atoms with Crippen molar-refractivity contribution in [3.8, 4) is 0 Å². The normalized spacial score (nSPS) is 12.8. The standard InChI is InChI=1S/C11H22N4O/c1-6-9-10(12)11(15(4)13-9)14(3)8(2)7-16-5/h8H,6-7,12H2,1-5H3. The van der Waals surface area contributed by atoms with E-state index in [1.54, 1.807) is 7.11 Å². The maximum Gasteiger partial charge on any atom is 0.150 e. The molecule has 2 N–H and O–H groups in total. The molecule has 0 amide bonds. The Hall–Kier alpha value is -1.23. The fourth-order valence-electron chi connectivity index (χ4n) is 1.83. The van der Waals surface area contributed by atoms with Crippen LogP contribution in [0.3, 0.4) is 0 Å². The molecule has 0 aliphatic carbocycles. The first-order valence-corrected chi connectivity index (χ1v) is 5.56. The van der Waals surface area contributed by atoms with Gasteiger partial charge in [0.05, 0.1) is 24.0 Å². The quantitative estimate of drug-likeness (QED) is 0.815. The Morgan fingerprint density at radius 2 is 2.19 bits per heavy atom. The van der Waals surface area contributed by atoms with E-state index < -0.39 is 0 Å². The van der Waals surface area contributed by atoms with E-state index >= 15 is 0 Å². The molecule has 0 radical (unpaired) electrons. The largest absolute Gasteiger partial charge is 0.394 e. The monoisotopic (exact) mass is 226 g/mol. The van der Waals surface area contributed by atoms with Gasteiger partial charge < -0.3 is 15.4 Å². The van der Waals surface area contributed by atoms with Gasteiger partial charge in [-0.1, -0.05) is 6.92 Å². The van der Waals surface area contributed by atoms with E-state index in [4.69, 9.17) is 10.5 Å². The van der Waals surface area contributed by atoms with Crippen LogP contribution in [0.1, 0.15) is 19.5 Å². The minimum atomic E-state index is 0.271. The summed E-state index contributed by atoms with van der Waals surface area (Å²) in [7, 11) is 5.63. The van der Waals surface area contributed by atoms with Gasteiger partial charge in [-0.15, -0.1) is 0 Å². The van der Waals surface area contributed by atoms with Crippen LogP contribution in [0.5, 0.6) is 0 Å². The highest BCUT2D eigenvalue weighted by Gasteiger charge is 2.19. The Morgan fingerprint density at radius 1 is 1.56 bits per heavy atom. The first-order valence-electron chi connectivity index (χ1n) is 5.56. The summed E-state index contributed by atoms with van der Waals surface area (Å²) in [4.78, 5) is 2.10. The van der Waals surface area contributed by atoms with Crippen molar-refractivity contribution in [3.05, 3.63) is 5.69 Å². The van der Waals surface area contributed by atoms with Gasteiger partial charge in [0.25, 0.3) is 0 Å². The highest BCUT2D eigenvalue weighted by Crippen LogP contribution is 2.26. The van der Waals surface area contributed by atoms with Crippen LogP contribution in [0.15, 0.2) is 0 Å². The third-order valence-corrected chi connectivity index (χ3v) is 2.87. The van der Waals surface area contributed by atoms with Gasteiger partial charge in [-0.3, -0.25) is 4.68 Å². The van der Waals surface area contributed by atoms with Crippen molar-refractivity contribution in [2.45, 2.75) is 26.3 Å². The molecule has 0 aliphatic rings. The fraction of sp³-hybridized carbons (Fsp3) is 0.727. The number of anilines is 2. The summed E-state index contributed by atoms with van der Waals surface area (Å²) < 4.78 is 6.98. The van der Waals surface area contributed by atoms with Crippen molar-refractivity contribution >= 4 is 11.5 Å². The summed E-state index contributed by atoms with van der Waals surface area (Å²) in [6, 6.07) is 0.271. The van der Waals surface area contributed by atoms with Crippen LogP contribution < -0.4 is 10.6 Å². The minimum absolute atomic E-state index is 0.271. The number of likely N-dealkylation sites (N-methyl/N-ethyl adjacent to an activating group) is 1. The molecule has 1 rings (SSSR count). The number of ether oxygens (including phenoxy) is 1. The molecule has 1 unspecified atom stereocenters. The van der Waals surface area contributed by atoms with Crippen LogP contribution in [-0.4, -0.2) is 36.6 Å². The second-order valence-corrected chi connectivity index (χ2v) is 4.08. The second kappa shape index (κ2) is 5.21. The maximum absolute atomic E-state index is 6.08. The van der Waals surface area contributed by atoms with Crippen LogP contribution in [0.4, 0.5) is 11.5 Å². The lowest BCUT2D eigenvalue weighted by Gasteiger charge is -2.26. The predicted molar refractivity (Wildman–Crippen MR) is 66.7 cm³/mol. The van der Waals surface area contributed by atoms with E-state index in [1.165, 1.54) is 0 Å². The predicted octanol–water partition coefficient (Wildman–Crippen LogP) is 1.04. The van der Waals surface area contributed by atoms with Crippen molar-refractivity contribution in [1.29, 1.82) is 0 Å². The third kappa shape index (κ3) is 2.29. The number of aryl methyl sites for hydroxylation is 2. The summed E-state index contributed by atoms with van der Waals surface area (Å²) in [5.41, 5.74) is 7.81. The van der Waals surface area contributed by atoms with Crippen molar-refractivity contribution in [1.82, 2.24) is 9.78 Å². The van der Waals surface area contributed by atoms with Crippen molar-refractivity contribution in [2.75, 3.05) is 31.4 Å². The molecule has 5 nitrogen and oxygen atoms in total. The summed E-state index contributed by atoms with van der Waals surface area (Å²) in [6.45, 7) is 4.82. The Balaban J connectivity index is 2.98. The van der Waals surface area contributed by atoms with Crippen LogP contribution >= 0.6 is 0 Å². The number of hydrogen-bond acceptors (Lipinski definition) is 4. The van der Waals surface area contributed by atoms with Gasteiger partial charge >= 0.3 is 0 Å². The van der Waals surface area contributed by atoms with Gasteiger partial charge in [0, 0.05) is 21.2 Å². The Bertz CT molecular complexity index is 348. The Labute approximate surface area is 97.2 Å². The zero-order valence-corrected chi connectivity index (χ0v) is 10.8. The second-order valence-electron chi connectivity index (χ2n) is 4.08. The molecule has 0 spiro atoms. The Morgan fingerprint density at radius 3 is 2.62 bits per heavy atom. The molecule has 16 heavy (non-hydrogen) atoms. The smallest absolute Gasteiger partial charge is 0.150 e. The summed E-state index contributed by atoms with van der Waals surface area (Å²) in [5, 5.41) is 4.40.